The number of amides is 1. The van der Waals surface area contributed by atoms with Crippen molar-refractivity contribution in [1.29, 1.82) is 0 Å². The minimum atomic E-state index is -3.43. The molecule has 0 radical (unpaired) electrons. The molecular weight excluding hydrogens is 396 g/mol. The molecule has 0 bridgehead atoms. The van der Waals surface area contributed by atoms with Crippen molar-refractivity contribution in [2.45, 2.75) is 29.9 Å². The molecule has 0 aliphatic carbocycles. The summed E-state index contributed by atoms with van der Waals surface area (Å²) in [6.45, 7) is 2.74. The van der Waals surface area contributed by atoms with Crippen molar-refractivity contribution in [2.75, 3.05) is 19.6 Å². The number of hydrogen-bond acceptors (Lipinski definition) is 4. The molecule has 1 amide bonds. The van der Waals surface area contributed by atoms with Gasteiger partial charge in [0, 0.05) is 12.1 Å². The Morgan fingerprint density at radius 2 is 1.79 bits per heavy atom. The van der Waals surface area contributed by atoms with E-state index in [1.807, 2.05) is 18.2 Å². The van der Waals surface area contributed by atoms with Crippen LogP contribution >= 0.6 is 12.4 Å². The Kier molecular flexibility index (Phi) is 8.48. The Hall–Kier alpha value is -1.89. The zero-order valence-electron chi connectivity index (χ0n) is 15.8. The van der Waals surface area contributed by atoms with Gasteiger partial charge in [-0.3, -0.25) is 4.79 Å². The zero-order chi connectivity index (χ0) is 19.1. The largest absolute Gasteiger partial charge is 0.352 e. The average Bonchev–Trinajstić information content (AvgIpc) is 2.69. The molecule has 1 saturated heterocycles. The van der Waals surface area contributed by atoms with Crippen molar-refractivity contribution in [3.63, 3.8) is 0 Å². The van der Waals surface area contributed by atoms with E-state index in [-0.39, 0.29) is 29.0 Å². The Morgan fingerprint density at radius 3 is 2.43 bits per heavy atom. The molecule has 0 spiro atoms. The number of carbonyl (C=O) groups is 1. The van der Waals surface area contributed by atoms with Gasteiger partial charge in [-0.2, -0.15) is 0 Å². The smallest absolute Gasteiger partial charge is 0.251 e. The molecule has 3 rings (SSSR count). The van der Waals surface area contributed by atoms with E-state index in [2.05, 4.69) is 10.6 Å². The third-order valence-electron chi connectivity index (χ3n) is 4.91. The van der Waals surface area contributed by atoms with Gasteiger partial charge in [0.25, 0.3) is 5.91 Å². The molecule has 0 aromatic heterocycles. The van der Waals surface area contributed by atoms with Crippen LogP contribution in [0.5, 0.6) is 0 Å². The molecule has 2 aromatic carbocycles. The lowest BCUT2D eigenvalue weighted by atomic mass is 9.96. The molecule has 1 fully saturated rings. The summed E-state index contributed by atoms with van der Waals surface area (Å²) in [5.74, 6) is 0.407. The van der Waals surface area contributed by atoms with Crippen LogP contribution in [0.3, 0.4) is 0 Å². The number of carbonyl (C=O) groups excluding carboxylic acids is 1. The number of sulfone groups is 1. The van der Waals surface area contributed by atoms with Gasteiger partial charge < -0.3 is 10.6 Å². The van der Waals surface area contributed by atoms with E-state index in [4.69, 9.17) is 0 Å². The second-order valence-corrected chi connectivity index (χ2v) is 9.02. The molecule has 1 heterocycles. The van der Waals surface area contributed by atoms with E-state index in [1.165, 1.54) is 25.0 Å². The van der Waals surface area contributed by atoms with E-state index < -0.39 is 9.84 Å². The molecule has 7 heteroatoms. The summed E-state index contributed by atoms with van der Waals surface area (Å²) in [5.41, 5.74) is 1.23. The molecule has 2 aromatic rings. The fourth-order valence-electron chi connectivity index (χ4n) is 3.35. The van der Waals surface area contributed by atoms with Gasteiger partial charge in [-0.15, -0.1) is 12.4 Å². The number of piperidine rings is 1. The van der Waals surface area contributed by atoms with Crippen LogP contribution in [0.25, 0.3) is 0 Å². The van der Waals surface area contributed by atoms with Crippen molar-refractivity contribution >= 4 is 28.2 Å². The summed E-state index contributed by atoms with van der Waals surface area (Å²) in [5, 5.41) is 6.30. The van der Waals surface area contributed by atoms with Crippen LogP contribution in [0.2, 0.25) is 0 Å². The van der Waals surface area contributed by atoms with Crippen LogP contribution < -0.4 is 10.6 Å². The van der Waals surface area contributed by atoms with Crippen LogP contribution in [-0.2, 0) is 15.6 Å². The Morgan fingerprint density at radius 1 is 1.07 bits per heavy atom. The monoisotopic (exact) mass is 422 g/mol. The summed E-state index contributed by atoms with van der Waals surface area (Å²) in [7, 11) is -3.43. The number of benzene rings is 2. The van der Waals surface area contributed by atoms with Crippen LogP contribution in [0.1, 0.15) is 35.2 Å². The molecule has 152 valence electrons. The summed E-state index contributed by atoms with van der Waals surface area (Å²) >= 11 is 0. The quantitative estimate of drug-likeness (QED) is 0.718. The Balaban J connectivity index is 0.00000280. The van der Waals surface area contributed by atoms with Crippen LogP contribution in [0.15, 0.2) is 59.5 Å². The van der Waals surface area contributed by atoms with Gasteiger partial charge in [-0.25, -0.2) is 8.42 Å². The predicted molar refractivity (Wildman–Crippen MR) is 114 cm³/mol. The summed E-state index contributed by atoms with van der Waals surface area (Å²) in [4.78, 5) is 12.5. The van der Waals surface area contributed by atoms with E-state index >= 15 is 0 Å². The first-order chi connectivity index (χ1) is 13.0. The number of hydrogen-bond donors (Lipinski definition) is 2. The Bertz CT molecular complexity index is 849. The van der Waals surface area contributed by atoms with Crippen LogP contribution in [0, 0.1) is 5.92 Å². The van der Waals surface area contributed by atoms with Crippen molar-refractivity contribution in [1.82, 2.24) is 10.6 Å². The van der Waals surface area contributed by atoms with Gasteiger partial charge in [0.1, 0.15) is 0 Å². The third kappa shape index (κ3) is 6.33. The Labute approximate surface area is 173 Å². The maximum absolute atomic E-state index is 12.5. The van der Waals surface area contributed by atoms with E-state index in [0.29, 0.717) is 18.0 Å². The fraction of sp³-hybridized carbons (Fsp3) is 0.381. The van der Waals surface area contributed by atoms with Gasteiger partial charge in [0.15, 0.2) is 9.84 Å². The highest BCUT2D eigenvalue weighted by Crippen LogP contribution is 2.17. The SMILES string of the molecule is Cl.O=C(NCCC1CCCNC1)c1ccc(S(=O)(=O)Cc2ccccc2)cc1. The summed E-state index contributed by atoms with van der Waals surface area (Å²) in [6, 6.07) is 15.3. The molecule has 2 N–H and O–H groups in total. The maximum atomic E-state index is 12.5. The average molecular weight is 423 g/mol. The minimum Gasteiger partial charge on any atom is -0.352 e. The summed E-state index contributed by atoms with van der Waals surface area (Å²) < 4.78 is 25.0. The van der Waals surface area contributed by atoms with Gasteiger partial charge in [0.2, 0.25) is 0 Å². The van der Waals surface area contributed by atoms with Crippen molar-refractivity contribution in [2.24, 2.45) is 5.92 Å². The standard InChI is InChI=1S/C21H26N2O3S.ClH/c24-21(23-14-12-17-7-4-13-22-15-17)19-8-10-20(11-9-19)27(25,26)16-18-5-2-1-3-6-18;/h1-3,5-6,8-11,17,22H,4,7,12-16H2,(H,23,24);1H. The van der Waals surface area contributed by atoms with Crippen molar-refractivity contribution < 1.29 is 13.2 Å². The normalized spacial score (nSPS) is 16.8. The lowest BCUT2D eigenvalue weighted by molar-refractivity contribution is 0.0950. The second-order valence-electron chi connectivity index (χ2n) is 7.03. The van der Waals surface area contributed by atoms with E-state index in [9.17, 15) is 13.2 Å². The fourth-order valence-corrected chi connectivity index (χ4v) is 4.70. The molecule has 1 atom stereocenters. The molecule has 5 nitrogen and oxygen atoms in total. The van der Waals surface area contributed by atoms with Crippen LogP contribution in [0.4, 0.5) is 0 Å². The minimum absolute atomic E-state index is 0. The number of rotatable bonds is 7. The highest BCUT2D eigenvalue weighted by atomic mass is 35.5. The highest BCUT2D eigenvalue weighted by Gasteiger charge is 2.17. The molecular formula is C21H27ClN2O3S. The van der Waals surface area contributed by atoms with Gasteiger partial charge >= 0.3 is 0 Å². The second kappa shape index (κ2) is 10.6. The third-order valence-corrected chi connectivity index (χ3v) is 6.62. The predicted octanol–water partition coefficient (Wildman–Crippen LogP) is 3.20. The molecule has 1 unspecified atom stereocenters. The maximum Gasteiger partial charge on any atom is 0.251 e. The lowest BCUT2D eigenvalue weighted by Gasteiger charge is -2.22. The van der Waals surface area contributed by atoms with Gasteiger partial charge in [0.05, 0.1) is 10.6 Å². The molecule has 1 aliphatic rings. The van der Waals surface area contributed by atoms with Crippen molar-refractivity contribution in [3.8, 4) is 0 Å². The topological polar surface area (TPSA) is 75.3 Å². The van der Waals surface area contributed by atoms with Gasteiger partial charge in [-0.05, 0) is 68.1 Å². The van der Waals surface area contributed by atoms with E-state index in [1.54, 1.807) is 24.3 Å². The first-order valence-electron chi connectivity index (χ1n) is 9.40. The van der Waals surface area contributed by atoms with Crippen LogP contribution in [-0.4, -0.2) is 34.0 Å². The summed E-state index contributed by atoms with van der Waals surface area (Å²) in [6.07, 6.45) is 3.36. The first-order valence-corrected chi connectivity index (χ1v) is 11.1. The zero-order valence-corrected chi connectivity index (χ0v) is 17.4. The van der Waals surface area contributed by atoms with Gasteiger partial charge in [-0.1, -0.05) is 30.3 Å². The van der Waals surface area contributed by atoms with Crippen molar-refractivity contribution in [3.05, 3.63) is 65.7 Å². The first kappa shape index (κ1) is 22.4. The van der Waals surface area contributed by atoms with E-state index in [0.717, 1.165) is 25.1 Å². The highest BCUT2D eigenvalue weighted by molar-refractivity contribution is 7.90. The lowest BCUT2D eigenvalue weighted by Crippen LogP contribution is -2.33. The molecule has 1 aliphatic heterocycles. The molecule has 28 heavy (non-hydrogen) atoms. The number of nitrogens with one attached hydrogen (secondary N) is 2. The number of halogens is 1. The molecule has 0 saturated carbocycles.